The molecule has 1 saturated heterocycles. The Balaban J connectivity index is 1.34. The standard InChI is InChI=1S/C25H28N6O3/c1-32-22-12-19-21(13-23(22)34-15-17-8-10-31(33-2)11-9-17)26-16-27-25(19)28-24-14-20(29-30-24)18-6-4-3-5-7-18/h3-7,12-14,16-17H,8-11,15H2,1-2H3,(H2,26,27,28,29,30). The summed E-state index contributed by atoms with van der Waals surface area (Å²) >= 11 is 0. The van der Waals surface area contributed by atoms with Gasteiger partial charge in [0.1, 0.15) is 12.1 Å². The zero-order chi connectivity index (χ0) is 23.3. The Labute approximate surface area is 198 Å². The molecule has 0 saturated carbocycles. The van der Waals surface area contributed by atoms with Crippen molar-refractivity contribution in [2.75, 3.05) is 39.2 Å². The van der Waals surface area contributed by atoms with Crippen LogP contribution in [0.25, 0.3) is 22.2 Å². The number of nitrogens with zero attached hydrogens (tertiary/aromatic N) is 4. The SMILES string of the molecule is COc1cc2c(Nc3cc(-c4ccccc4)[nH]n3)ncnc2cc1OCC1CCN(OC)CC1. The minimum atomic E-state index is 0.480. The van der Waals surface area contributed by atoms with Gasteiger partial charge in [0.15, 0.2) is 17.3 Å². The van der Waals surface area contributed by atoms with Gasteiger partial charge in [0.05, 0.1) is 32.0 Å². The zero-order valence-corrected chi connectivity index (χ0v) is 19.3. The fraction of sp³-hybridized carbons (Fsp3) is 0.320. The number of anilines is 2. The molecule has 0 atom stereocenters. The predicted molar refractivity (Wildman–Crippen MR) is 130 cm³/mol. The summed E-state index contributed by atoms with van der Waals surface area (Å²) in [5.41, 5.74) is 2.75. The second-order valence-corrected chi connectivity index (χ2v) is 8.27. The number of hydrogen-bond donors (Lipinski definition) is 2. The molecular formula is C25H28N6O3. The van der Waals surface area contributed by atoms with Crippen LogP contribution in [0.2, 0.25) is 0 Å². The molecule has 0 unspecified atom stereocenters. The molecule has 5 rings (SSSR count). The van der Waals surface area contributed by atoms with Crippen LogP contribution >= 0.6 is 0 Å². The fourth-order valence-electron chi connectivity index (χ4n) is 4.17. The molecule has 34 heavy (non-hydrogen) atoms. The fourth-order valence-corrected chi connectivity index (χ4v) is 4.17. The topological polar surface area (TPSA) is 97.4 Å². The lowest BCUT2D eigenvalue weighted by Gasteiger charge is -2.29. The van der Waals surface area contributed by atoms with Crippen molar-refractivity contribution in [1.82, 2.24) is 25.2 Å². The summed E-state index contributed by atoms with van der Waals surface area (Å²) in [7, 11) is 3.36. The van der Waals surface area contributed by atoms with E-state index in [2.05, 4.69) is 25.5 Å². The van der Waals surface area contributed by atoms with Crippen molar-refractivity contribution in [3.8, 4) is 22.8 Å². The lowest BCUT2D eigenvalue weighted by molar-refractivity contribution is -0.149. The molecular weight excluding hydrogens is 432 g/mol. The zero-order valence-electron chi connectivity index (χ0n) is 19.3. The Bertz CT molecular complexity index is 1240. The second-order valence-electron chi connectivity index (χ2n) is 8.27. The van der Waals surface area contributed by atoms with Crippen LogP contribution in [0.15, 0.2) is 54.9 Å². The summed E-state index contributed by atoms with van der Waals surface area (Å²) in [6.07, 6.45) is 3.61. The van der Waals surface area contributed by atoms with Crippen LogP contribution < -0.4 is 14.8 Å². The van der Waals surface area contributed by atoms with Crippen molar-refractivity contribution in [2.24, 2.45) is 5.92 Å². The Kier molecular flexibility index (Phi) is 6.55. The molecule has 0 radical (unpaired) electrons. The number of aromatic nitrogens is 4. The molecule has 1 aliphatic heterocycles. The first-order chi connectivity index (χ1) is 16.7. The number of hydroxylamine groups is 2. The first-order valence-electron chi connectivity index (χ1n) is 11.4. The lowest BCUT2D eigenvalue weighted by Crippen LogP contribution is -2.34. The van der Waals surface area contributed by atoms with E-state index in [-0.39, 0.29) is 0 Å². The molecule has 0 bridgehead atoms. The average Bonchev–Trinajstić information content (AvgIpc) is 3.36. The van der Waals surface area contributed by atoms with E-state index in [9.17, 15) is 0 Å². The number of fused-ring (bicyclic) bond motifs is 1. The van der Waals surface area contributed by atoms with E-state index in [0.717, 1.165) is 48.1 Å². The van der Waals surface area contributed by atoms with Crippen LogP contribution in [0.1, 0.15) is 12.8 Å². The van der Waals surface area contributed by atoms with Gasteiger partial charge in [-0.1, -0.05) is 30.3 Å². The smallest absolute Gasteiger partial charge is 0.163 e. The summed E-state index contributed by atoms with van der Waals surface area (Å²) in [6.45, 7) is 2.47. The number of H-pyrrole nitrogens is 1. The second kappa shape index (κ2) is 10.1. The molecule has 9 nitrogen and oxygen atoms in total. The summed E-state index contributed by atoms with van der Waals surface area (Å²) in [4.78, 5) is 14.2. The maximum atomic E-state index is 6.17. The van der Waals surface area contributed by atoms with Crippen LogP contribution in [0.5, 0.6) is 11.5 Å². The Morgan fingerprint density at radius 3 is 2.62 bits per heavy atom. The number of nitrogens with one attached hydrogen (secondary N) is 2. The number of hydrogen-bond acceptors (Lipinski definition) is 8. The molecule has 0 aliphatic carbocycles. The maximum Gasteiger partial charge on any atom is 0.163 e. The number of ether oxygens (including phenoxy) is 2. The van der Waals surface area contributed by atoms with E-state index in [1.54, 1.807) is 14.2 Å². The number of rotatable bonds is 8. The maximum absolute atomic E-state index is 6.17. The van der Waals surface area contributed by atoms with E-state index in [1.807, 2.05) is 53.6 Å². The predicted octanol–water partition coefficient (Wildman–Crippen LogP) is 4.42. The highest BCUT2D eigenvalue weighted by Crippen LogP contribution is 2.35. The molecule has 2 aromatic heterocycles. The minimum absolute atomic E-state index is 0.480. The van der Waals surface area contributed by atoms with Crippen LogP contribution in [0.4, 0.5) is 11.6 Å². The Hall–Kier alpha value is -3.69. The molecule has 4 aromatic rings. The quantitative estimate of drug-likeness (QED) is 0.399. The molecule has 2 N–H and O–H groups in total. The average molecular weight is 461 g/mol. The molecule has 2 aromatic carbocycles. The first kappa shape index (κ1) is 22.1. The van der Waals surface area contributed by atoms with Crippen molar-refractivity contribution in [3.05, 3.63) is 54.9 Å². The molecule has 1 fully saturated rings. The van der Waals surface area contributed by atoms with E-state index in [1.165, 1.54) is 6.33 Å². The van der Waals surface area contributed by atoms with Crippen LogP contribution in [-0.4, -0.2) is 59.1 Å². The van der Waals surface area contributed by atoms with Crippen molar-refractivity contribution in [2.45, 2.75) is 12.8 Å². The van der Waals surface area contributed by atoms with Gasteiger partial charge < -0.3 is 19.6 Å². The van der Waals surface area contributed by atoms with Crippen LogP contribution in [0, 0.1) is 5.92 Å². The van der Waals surface area contributed by atoms with Gasteiger partial charge in [-0.15, -0.1) is 0 Å². The Morgan fingerprint density at radius 2 is 1.85 bits per heavy atom. The minimum Gasteiger partial charge on any atom is -0.493 e. The lowest BCUT2D eigenvalue weighted by atomic mass is 9.99. The van der Waals surface area contributed by atoms with Crippen LogP contribution in [-0.2, 0) is 4.84 Å². The van der Waals surface area contributed by atoms with E-state index in [0.29, 0.717) is 35.7 Å². The highest BCUT2D eigenvalue weighted by Gasteiger charge is 2.21. The van der Waals surface area contributed by atoms with Gasteiger partial charge in [-0.05, 0) is 30.4 Å². The molecule has 1 aliphatic rings. The summed E-state index contributed by atoms with van der Waals surface area (Å²) < 4.78 is 11.8. The Morgan fingerprint density at radius 1 is 1.03 bits per heavy atom. The van der Waals surface area contributed by atoms with E-state index in [4.69, 9.17) is 14.3 Å². The van der Waals surface area contributed by atoms with Gasteiger partial charge in [0.25, 0.3) is 0 Å². The van der Waals surface area contributed by atoms with E-state index >= 15 is 0 Å². The summed E-state index contributed by atoms with van der Waals surface area (Å²) in [5.74, 6) is 3.12. The van der Waals surface area contributed by atoms with Crippen molar-refractivity contribution >= 4 is 22.5 Å². The third kappa shape index (κ3) is 4.80. The summed E-state index contributed by atoms with van der Waals surface area (Å²) in [5, 5.41) is 13.6. The molecule has 176 valence electrons. The van der Waals surface area contributed by atoms with Crippen molar-refractivity contribution in [3.63, 3.8) is 0 Å². The van der Waals surface area contributed by atoms with Gasteiger partial charge in [-0.3, -0.25) is 5.10 Å². The highest BCUT2D eigenvalue weighted by atomic mass is 16.7. The summed E-state index contributed by atoms with van der Waals surface area (Å²) in [6, 6.07) is 15.8. The first-order valence-corrected chi connectivity index (χ1v) is 11.4. The number of benzene rings is 2. The molecule has 3 heterocycles. The third-order valence-corrected chi connectivity index (χ3v) is 6.14. The van der Waals surface area contributed by atoms with Crippen molar-refractivity contribution in [1.29, 1.82) is 0 Å². The molecule has 0 amide bonds. The van der Waals surface area contributed by atoms with E-state index < -0.39 is 0 Å². The number of aromatic amines is 1. The monoisotopic (exact) mass is 460 g/mol. The third-order valence-electron chi connectivity index (χ3n) is 6.14. The van der Waals surface area contributed by atoms with Gasteiger partial charge in [0, 0.05) is 30.6 Å². The molecule has 9 heteroatoms. The highest BCUT2D eigenvalue weighted by molar-refractivity contribution is 5.93. The number of piperidine rings is 1. The normalized spacial score (nSPS) is 14.9. The van der Waals surface area contributed by atoms with Crippen LogP contribution in [0.3, 0.4) is 0 Å². The molecule has 0 spiro atoms. The van der Waals surface area contributed by atoms with Gasteiger partial charge in [-0.2, -0.15) is 10.2 Å². The van der Waals surface area contributed by atoms with Gasteiger partial charge in [0.2, 0.25) is 0 Å². The van der Waals surface area contributed by atoms with Crippen molar-refractivity contribution < 1.29 is 14.3 Å². The largest absolute Gasteiger partial charge is 0.493 e. The number of methoxy groups -OCH3 is 1. The van der Waals surface area contributed by atoms with Gasteiger partial charge >= 0.3 is 0 Å². The van der Waals surface area contributed by atoms with Gasteiger partial charge in [-0.25, -0.2) is 9.97 Å².